The predicted molar refractivity (Wildman–Crippen MR) is 66.7 cm³/mol. The molecular formula is C14H21NO. The summed E-state index contributed by atoms with van der Waals surface area (Å²) < 4.78 is 5.15. The molecule has 0 spiro atoms. The summed E-state index contributed by atoms with van der Waals surface area (Å²) in [7, 11) is 1.70. The Labute approximate surface area is 98.0 Å². The predicted octanol–water partition coefficient (Wildman–Crippen LogP) is 3.12. The highest BCUT2D eigenvalue weighted by molar-refractivity contribution is 5.27. The minimum absolute atomic E-state index is 0.361. The Morgan fingerprint density at radius 2 is 1.81 bits per heavy atom. The SMILES string of the molecule is COc1ccc(CNC2(C)CCCC2)cc1. The lowest BCUT2D eigenvalue weighted by molar-refractivity contribution is 0.362. The summed E-state index contributed by atoms with van der Waals surface area (Å²) in [6.45, 7) is 3.30. The average molecular weight is 219 g/mol. The molecule has 2 nitrogen and oxygen atoms in total. The van der Waals surface area contributed by atoms with Gasteiger partial charge >= 0.3 is 0 Å². The van der Waals surface area contributed by atoms with Gasteiger partial charge in [-0.3, -0.25) is 0 Å². The first kappa shape index (κ1) is 11.5. The molecule has 0 unspecified atom stereocenters. The summed E-state index contributed by atoms with van der Waals surface area (Å²) in [5.41, 5.74) is 1.69. The minimum Gasteiger partial charge on any atom is -0.497 e. The van der Waals surface area contributed by atoms with E-state index in [9.17, 15) is 0 Å². The van der Waals surface area contributed by atoms with E-state index >= 15 is 0 Å². The summed E-state index contributed by atoms with van der Waals surface area (Å²) in [5, 5.41) is 3.67. The van der Waals surface area contributed by atoms with E-state index in [0.29, 0.717) is 5.54 Å². The van der Waals surface area contributed by atoms with Gasteiger partial charge in [-0.05, 0) is 37.5 Å². The Hall–Kier alpha value is -1.02. The van der Waals surface area contributed by atoms with Crippen LogP contribution in [-0.2, 0) is 6.54 Å². The first-order valence-corrected chi connectivity index (χ1v) is 6.10. The van der Waals surface area contributed by atoms with Gasteiger partial charge in [0.15, 0.2) is 0 Å². The summed E-state index contributed by atoms with van der Waals surface area (Å²) in [5.74, 6) is 0.927. The number of hydrogen-bond donors (Lipinski definition) is 1. The van der Waals surface area contributed by atoms with Crippen LogP contribution in [0.5, 0.6) is 5.75 Å². The molecular weight excluding hydrogens is 198 g/mol. The van der Waals surface area contributed by atoms with Crippen LogP contribution < -0.4 is 10.1 Å². The van der Waals surface area contributed by atoms with Gasteiger partial charge in [0.1, 0.15) is 5.75 Å². The van der Waals surface area contributed by atoms with Crippen molar-refractivity contribution >= 4 is 0 Å². The number of hydrogen-bond acceptors (Lipinski definition) is 2. The number of rotatable bonds is 4. The Morgan fingerprint density at radius 3 is 2.38 bits per heavy atom. The van der Waals surface area contributed by atoms with Crippen molar-refractivity contribution in [2.24, 2.45) is 0 Å². The molecule has 0 atom stereocenters. The van der Waals surface area contributed by atoms with Gasteiger partial charge in [0.25, 0.3) is 0 Å². The molecule has 1 saturated carbocycles. The lowest BCUT2D eigenvalue weighted by Gasteiger charge is -2.25. The Morgan fingerprint density at radius 1 is 1.19 bits per heavy atom. The quantitative estimate of drug-likeness (QED) is 0.840. The molecule has 1 aliphatic carbocycles. The van der Waals surface area contributed by atoms with Gasteiger partial charge in [-0.15, -0.1) is 0 Å². The highest BCUT2D eigenvalue weighted by Crippen LogP contribution is 2.29. The second-order valence-electron chi connectivity index (χ2n) is 4.97. The molecule has 0 heterocycles. The van der Waals surface area contributed by atoms with Crippen LogP contribution in [0.2, 0.25) is 0 Å². The Kier molecular flexibility index (Phi) is 3.49. The van der Waals surface area contributed by atoms with Gasteiger partial charge < -0.3 is 10.1 Å². The largest absolute Gasteiger partial charge is 0.497 e. The van der Waals surface area contributed by atoms with Gasteiger partial charge in [-0.25, -0.2) is 0 Å². The van der Waals surface area contributed by atoms with Gasteiger partial charge in [0, 0.05) is 12.1 Å². The zero-order chi connectivity index (χ0) is 11.4. The first-order chi connectivity index (χ1) is 7.72. The van der Waals surface area contributed by atoms with Crippen LogP contribution in [0.3, 0.4) is 0 Å². The van der Waals surface area contributed by atoms with E-state index in [4.69, 9.17) is 4.74 Å². The molecule has 0 amide bonds. The lowest BCUT2D eigenvalue weighted by atomic mass is 10.0. The fraction of sp³-hybridized carbons (Fsp3) is 0.571. The molecule has 1 aromatic carbocycles. The number of benzene rings is 1. The third-order valence-corrected chi connectivity index (χ3v) is 3.59. The summed E-state index contributed by atoms with van der Waals surface area (Å²) in [4.78, 5) is 0. The average Bonchev–Trinajstić information content (AvgIpc) is 2.75. The van der Waals surface area contributed by atoms with E-state index in [1.807, 2.05) is 12.1 Å². The maximum absolute atomic E-state index is 5.15. The molecule has 0 bridgehead atoms. The van der Waals surface area contributed by atoms with Gasteiger partial charge in [0.2, 0.25) is 0 Å². The topological polar surface area (TPSA) is 21.3 Å². The van der Waals surface area contributed by atoms with Crippen molar-refractivity contribution in [1.82, 2.24) is 5.32 Å². The molecule has 16 heavy (non-hydrogen) atoms. The number of ether oxygens (including phenoxy) is 1. The normalized spacial score (nSPS) is 18.6. The van der Waals surface area contributed by atoms with Crippen LogP contribution in [0.25, 0.3) is 0 Å². The standard InChI is InChI=1S/C14H21NO/c1-14(9-3-4-10-14)15-11-12-5-7-13(16-2)8-6-12/h5-8,15H,3-4,9-11H2,1-2H3. The van der Waals surface area contributed by atoms with Crippen LogP contribution in [0, 0.1) is 0 Å². The van der Waals surface area contributed by atoms with Crippen LogP contribution >= 0.6 is 0 Å². The van der Waals surface area contributed by atoms with Crippen molar-refractivity contribution in [2.75, 3.05) is 7.11 Å². The number of nitrogens with one attached hydrogen (secondary N) is 1. The smallest absolute Gasteiger partial charge is 0.118 e. The van der Waals surface area contributed by atoms with Crippen LogP contribution in [0.15, 0.2) is 24.3 Å². The van der Waals surface area contributed by atoms with Crippen molar-refractivity contribution in [1.29, 1.82) is 0 Å². The Bertz CT molecular complexity index is 325. The molecule has 0 saturated heterocycles. The van der Waals surface area contributed by atoms with Crippen molar-refractivity contribution in [3.8, 4) is 5.75 Å². The molecule has 0 aliphatic heterocycles. The zero-order valence-electron chi connectivity index (χ0n) is 10.3. The van der Waals surface area contributed by atoms with E-state index in [1.165, 1.54) is 31.2 Å². The molecule has 2 rings (SSSR count). The molecule has 1 fully saturated rings. The summed E-state index contributed by atoms with van der Waals surface area (Å²) in [6, 6.07) is 8.30. The Balaban J connectivity index is 1.89. The third kappa shape index (κ3) is 2.76. The zero-order valence-corrected chi connectivity index (χ0v) is 10.3. The molecule has 0 radical (unpaired) electrons. The molecule has 1 N–H and O–H groups in total. The van der Waals surface area contributed by atoms with Gasteiger partial charge in [-0.1, -0.05) is 25.0 Å². The van der Waals surface area contributed by atoms with Crippen molar-refractivity contribution in [2.45, 2.75) is 44.7 Å². The van der Waals surface area contributed by atoms with E-state index in [2.05, 4.69) is 24.4 Å². The number of methoxy groups -OCH3 is 1. The second kappa shape index (κ2) is 4.88. The highest BCUT2D eigenvalue weighted by atomic mass is 16.5. The monoisotopic (exact) mass is 219 g/mol. The third-order valence-electron chi connectivity index (χ3n) is 3.59. The molecule has 2 heteroatoms. The summed E-state index contributed by atoms with van der Waals surface area (Å²) in [6.07, 6.45) is 5.35. The lowest BCUT2D eigenvalue weighted by Crippen LogP contribution is -2.38. The molecule has 88 valence electrons. The van der Waals surface area contributed by atoms with Crippen LogP contribution in [-0.4, -0.2) is 12.6 Å². The van der Waals surface area contributed by atoms with Gasteiger partial charge in [0.05, 0.1) is 7.11 Å². The maximum Gasteiger partial charge on any atom is 0.118 e. The van der Waals surface area contributed by atoms with E-state index < -0.39 is 0 Å². The van der Waals surface area contributed by atoms with E-state index in [-0.39, 0.29) is 0 Å². The maximum atomic E-state index is 5.15. The minimum atomic E-state index is 0.361. The second-order valence-corrected chi connectivity index (χ2v) is 4.97. The first-order valence-electron chi connectivity index (χ1n) is 6.10. The molecule has 0 aromatic heterocycles. The highest BCUT2D eigenvalue weighted by Gasteiger charge is 2.27. The van der Waals surface area contributed by atoms with Crippen molar-refractivity contribution in [3.05, 3.63) is 29.8 Å². The molecule has 1 aromatic rings. The van der Waals surface area contributed by atoms with Crippen LogP contribution in [0.4, 0.5) is 0 Å². The van der Waals surface area contributed by atoms with Gasteiger partial charge in [-0.2, -0.15) is 0 Å². The van der Waals surface area contributed by atoms with Crippen molar-refractivity contribution < 1.29 is 4.74 Å². The van der Waals surface area contributed by atoms with E-state index in [0.717, 1.165) is 12.3 Å². The fourth-order valence-electron chi connectivity index (χ4n) is 2.39. The fourth-order valence-corrected chi connectivity index (χ4v) is 2.39. The summed E-state index contributed by atoms with van der Waals surface area (Å²) >= 11 is 0. The van der Waals surface area contributed by atoms with Crippen LogP contribution in [0.1, 0.15) is 38.2 Å². The molecule has 1 aliphatic rings. The van der Waals surface area contributed by atoms with Crippen molar-refractivity contribution in [3.63, 3.8) is 0 Å². The van der Waals surface area contributed by atoms with E-state index in [1.54, 1.807) is 7.11 Å².